The lowest BCUT2D eigenvalue weighted by molar-refractivity contribution is -0.384. The van der Waals surface area contributed by atoms with Crippen molar-refractivity contribution >= 4 is 34.8 Å². The number of hydrogen-bond donors (Lipinski definition) is 1. The number of anilines is 1. The van der Waals surface area contributed by atoms with Crippen molar-refractivity contribution in [3.8, 4) is 0 Å². The van der Waals surface area contributed by atoms with E-state index in [9.17, 15) is 19.7 Å². The Hall–Kier alpha value is -3.13. The summed E-state index contributed by atoms with van der Waals surface area (Å²) in [4.78, 5) is 38.7. The third-order valence-electron chi connectivity index (χ3n) is 4.80. The van der Waals surface area contributed by atoms with Gasteiger partial charge in [-0.3, -0.25) is 19.7 Å². The Kier molecular flexibility index (Phi) is 6.66. The first kappa shape index (κ1) is 20.6. The molecule has 2 amide bonds. The van der Waals surface area contributed by atoms with E-state index in [0.29, 0.717) is 36.8 Å². The van der Waals surface area contributed by atoms with Crippen LogP contribution in [0.4, 0.5) is 11.4 Å². The zero-order valence-electron chi connectivity index (χ0n) is 15.7. The summed E-state index contributed by atoms with van der Waals surface area (Å²) >= 11 is 6.00. The molecule has 0 aliphatic carbocycles. The molecule has 3 rings (SSSR count). The van der Waals surface area contributed by atoms with E-state index < -0.39 is 4.92 Å². The highest BCUT2D eigenvalue weighted by atomic mass is 35.5. The molecule has 0 bridgehead atoms. The molecule has 0 saturated carbocycles. The fourth-order valence-electron chi connectivity index (χ4n) is 3.18. The number of nitro benzene ring substituents is 1. The van der Waals surface area contributed by atoms with E-state index in [1.54, 1.807) is 41.3 Å². The lowest BCUT2D eigenvalue weighted by Gasteiger charge is -2.36. The van der Waals surface area contributed by atoms with E-state index >= 15 is 0 Å². The highest BCUT2D eigenvalue weighted by Crippen LogP contribution is 2.21. The standard InChI is InChI=1S/C20H21ClN4O4/c21-18-4-2-1-3-17(18)20(27)22-10-9-19(26)24-13-11-23(12-14-24)15-5-7-16(8-6-15)25(28)29/h1-8H,9-14H2,(H,22,27). The van der Waals surface area contributed by atoms with Gasteiger partial charge in [-0.05, 0) is 24.3 Å². The van der Waals surface area contributed by atoms with Crippen molar-refractivity contribution in [2.24, 2.45) is 0 Å². The molecule has 1 heterocycles. The van der Waals surface area contributed by atoms with Crippen molar-refractivity contribution in [1.29, 1.82) is 0 Å². The van der Waals surface area contributed by atoms with Crippen LogP contribution in [0, 0.1) is 10.1 Å². The van der Waals surface area contributed by atoms with Crippen LogP contribution in [-0.2, 0) is 4.79 Å². The summed E-state index contributed by atoms with van der Waals surface area (Å²) < 4.78 is 0. The number of hydrogen-bond acceptors (Lipinski definition) is 5. The number of rotatable bonds is 6. The van der Waals surface area contributed by atoms with Gasteiger partial charge in [0.2, 0.25) is 5.91 Å². The van der Waals surface area contributed by atoms with Crippen molar-refractivity contribution in [1.82, 2.24) is 10.2 Å². The number of halogens is 1. The van der Waals surface area contributed by atoms with Crippen LogP contribution in [0.1, 0.15) is 16.8 Å². The zero-order valence-corrected chi connectivity index (χ0v) is 16.5. The Bertz CT molecular complexity index is 896. The minimum absolute atomic E-state index is 0.0205. The Morgan fingerprint density at radius 1 is 1.03 bits per heavy atom. The number of carbonyl (C=O) groups excluding carboxylic acids is 2. The van der Waals surface area contributed by atoms with Gasteiger partial charge in [-0.25, -0.2) is 0 Å². The van der Waals surface area contributed by atoms with E-state index in [0.717, 1.165) is 5.69 Å². The highest BCUT2D eigenvalue weighted by molar-refractivity contribution is 6.33. The molecule has 9 heteroatoms. The number of piperazine rings is 1. The molecule has 1 saturated heterocycles. The molecule has 1 fully saturated rings. The lowest BCUT2D eigenvalue weighted by Crippen LogP contribution is -2.49. The third-order valence-corrected chi connectivity index (χ3v) is 5.13. The van der Waals surface area contributed by atoms with Gasteiger partial charge in [-0.15, -0.1) is 0 Å². The fraction of sp³-hybridized carbons (Fsp3) is 0.300. The smallest absolute Gasteiger partial charge is 0.269 e. The monoisotopic (exact) mass is 416 g/mol. The zero-order chi connectivity index (χ0) is 20.8. The van der Waals surface area contributed by atoms with Crippen molar-refractivity contribution in [3.63, 3.8) is 0 Å². The molecule has 29 heavy (non-hydrogen) atoms. The Morgan fingerprint density at radius 3 is 2.31 bits per heavy atom. The number of nitrogens with zero attached hydrogens (tertiary/aromatic N) is 3. The molecule has 1 aliphatic rings. The average Bonchev–Trinajstić information content (AvgIpc) is 2.74. The van der Waals surface area contributed by atoms with Gasteiger partial charge in [0.25, 0.3) is 11.6 Å². The number of carbonyl (C=O) groups is 2. The van der Waals surface area contributed by atoms with Crippen LogP contribution in [0.3, 0.4) is 0 Å². The summed E-state index contributed by atoms with van der Waals surface area (Å²) in [5.74, 6) is -0.320. The maximum absolute atomic E-state index is 12.4. The van der Waals surface area contributed by atoms with Gasteiger partial charge in [0.15, 0.2) is 0 Å². The van der Waals surface area contributed by atoms with Crippen LogP contribution < -0.4 is 10.2 Å². The molecule has 0 aromatic heterocycles. The minimum atomic E-state index is -0.426. The quantitative estimate of drug-likeness (QED) is 0.577. The fourth-order valence-corrected chi connectivity index (χ4v) is 3.40. The van der Waals surface area contributed by atoms with Crippen molar-refractivity contribution in [3.05, 3.63) is 69.2 Å². The second-order valence-electron chi connectivity index (χ2n) is 6.63. The topological polar surface area (TPSA) is 95.8 Å². The Labute approximate surface area is 173 Å². The summed E-state index contributed by atoms with van der Waals surface area (Å²) in [5.41, 5.74) is 1.34. The predicted octanol–water partition coefficient (Wildman–Crippen LogP) is 2.72. The van der Waals surface area contributed by atoms with Crippen LogP contribution in [0.2, 0.25) is 5.02 Å². The summed E-state index contributed by atoms with van der Waals surface area (Å²) in [6, 6.07) is 13.2. The van der Waals surface area contributed by atoms with Gasteiger partial charge in [0.1, 0.15) is 0 Å². The highest BCUT2D eigenvalue weighted by Gasteiger charge is 2.21. The van der Waals surface area contributed by atoms with Gasteiger partial charge in [-0.2, -0.15) is 0 Å². The normalized spacial score (nSPS) is 13.8. The molecule has 0 spiro atoms. The number of nitrogens with one attached hydrogen (secondary N) is 1. The maximum Gasteiger partial charge on any atom is 0.269 e. The van der Waals surface area contributed by atoms with Crippen LogP contribution in [-0.4, -0.2) is 54.4 Å². The van der Waals surface area contributed by atoms with E-state index in [1.165, 1.54) is 12.1 Å². The first-order chi connectivity index (χ1) is 14.0. The van der Waals surface area contributed by atoms with Gasteiger partial charge < -0.3 is 15.1 Å². The summed E-state index contributed by atoms with van der Waals surface area (Å²) in [6.45, 7) is 2.67. The van der Waals surface area contributed by atoms with Crippen molar-refractivity contribution in [2.75, 3.05) is 37.6 Å². The first-order valence-electron chi connectivity index (χ1n) is 9.25. The van der Waals surface area contributed by atoms with E-state index in [-0.39, 0.29) is 30.5 Å². The molecule has 1 N–H and O–H groups in total. The van der Waals surface area contributed by atoms with Gasteiger partial charge in [-0.1, -0.05) is 23.7 Å². The minimum Gasteiger partial charge on any atom is -0.368 e. The van der Waals surface area contributed by atoms with E-state index in [1.807, 2.05) is 0 Å². The summed E-state index contributed by atoms with van der Waals surface area (Å²) in [6.07, 6.45) is 0.216. The molecule has 0 radical (unpaired) electrons. The molecule has 152 valence electrons. The first-order valence-corrected chi connectivity index (χ1v) is 9.63. The van der Waals surface area contributed by atoms with Gasteiger partial charge in [0.05, 0.1) is 15.5 Å². The Morgan fingerprint density at radius 2 is 1.69 bits per heavy atom. The summed E-state index contributed by atoms with van der Waals surface area (Å²) in [5, 5.41) is 13.8. The van der Waals surface area contributed by atoms with Gasteiger partial charge in [0, 0.05) is 57.0 Å². The third kappa shape index (κ3) is 5.23. The number of benzene rings is 2. The van der Waals surface area contributed by atoms with Crippen LogP contribution in [0.15, 0.2) is 48.5 Å². The number of non-ortho nitro benzene ring substituents is 1. The van der Waals surface area contributed by atoms with Crippen molar-refractivity contribution < 1.29 is 14.5 Å². The second kappa shape index (κ2) is 9.38. The van der Waals surface area contributed by atoms with Crippen LogP contribution in [0.5, 0.6) is 0 Å². The molecule has 0 atom stereocenters. The molecule has 2 aromatic carbocycles. The molecular weight excluding hydrogens is 396 g/mol. The van der Waals surface area contributed by atoms with Crippen LogP contribution in [0.25, 0.3) is 0 Å². The lowest BCUT2D eigenvalue weighted by atomic mass is 10.2. The Balaban J connectivity index is 1.43. The molecule has 1 aliphatic heterocycles. The predicted molar refractivity (Wildman–Crippen MR) is 110 cm³/mol. The largest absolute Gasteiger partial charge is 0.368 e. The van der Waals surface area contributed by atoms with E-state index in [2.05, 4.69) is 10.2 Å². The number of nitro groups is 1. The van der Waals surface area contributed by atoms with Crippen LogP contribution >= 0.6 is 11.6 Å². The summed E-state index contributed by atoms with van der Waals surface area (Å²) in [7, 11) is 0. The average molecular weight is 417 g/mol. The molecule has 8 nitrogen and oxygen atoms in total. The second-order valence-corrected chi connectivity index (χ2v) is 7.03. The maximum atomic E-state index is 12.4. The van der Waals surface area contributed by atoms with E-state index in [4.69, 9.17) is 11.6 Å². The van der Waals surface area contributed by atoms with Crippen molar-refractivity contribution in [2.45, 2.75) is 6.42 Å². The molecular formula is C20H21ClN4O4. The molecule has 2 aromatic rings. The number of amides is 2. The van der Waals surface area contributed by atoms with Gasteiger partial charge >= 0.3 is 0 Å². The SMILES string of the molecule is O=C(NCCC(=O)N1CCN(c2ccc([N+](=O)[O-])cc2)CC1)c1ccccc1Cl. The molecule has 0 unspecified atom stereocenters.